The molecule has 0 aliphatic heterocycles. The molecule has 35 heavy (non-hydrogen) atoms. The summed E-state index contributed by atoms with van der Waals surface area (Å²) in [5.74, 6) is -1.15. The molecule has 0 aliphatic carbocycles. The van der Waals surface area contributed by atoms with E-state index in [1.165, 1.54) is 0 Å². The van der Waals surface area contributed by atoms with Gasteiger partial charge in [0.05, 0.1) is 29.5 Å². The Morgan fingerprint density at radius 3 is 2.31 bits per heavy atom. The maximum atomic E-state index is 13.2. The molecule has 0 saturated heterocycles. The van der Waals surface area contributed by atoms with E-state index in [9.17, 15) is 30.8 Å². The van der Waals surface area contributed by atoms with E-state index in [0.29, 0.717) is 17.3 Å². The molecular weight excluding hydrogens is 488 g/mol. The van der Waals surface area contributed by atoms with E-state index in [4.69, 9.17) is 0 Å². The van der Waals surface area contributed by atoms with Gasteiger partial charge in [-0.2, -0.15) is 17.5 Å². The molecule has 3 rings (SSSR count). The fourth-order valence-electron chi connectivity index (χ4n) is 3.15. The Balaban J connectivity index is 1.68. The van der Waals surface area contributed by atoms with Gasteiger partial charge in [-0.3, -0.25) is 9.78 Å². The lowest BCUT2D eigenvalue weighted by molar-refractivity contribution is -0.141. The van der Waals surface area contributed by atoms with E-state index in [1.54, 1.807) is 38.1 Å². The summed E-state index contributed by atoms with van der Waals surface area (Å²) in [6, 6.07) is 10.4. The van der Waals surface area contributed by atoms with Crippen molar-refractivity contribution in [1.29, 1.82) is 0 Å². The first-order valence-corrected chi connectivity index (χ1v) is 11.8. The largest absolute Gasteiger partial charge is 0.434 e. The lowest BCUT2D eigenvalue weighted by Gasteiger charge is -2.25. The third-order valence-corrected chi connectivity index (χ3v) is 6.99. The van der Waals surface area contributed by atoms with Crippen LogP contribution in [-0.2, 0) is 27.5 Å². The van der Waals surface area contributed by atoms with E-state index >= 15 is 0 Å². The zero-order chi connectivity index (χ0) is 25.8. The van der Waals surface area contributed by atoms with Gasteiger partial charge in [-0.05, 0) is 49.7 Å². The molecule has 0 fully saturated rings. The fourth-order valence-corrected chi connectivity index (χ4v) is 4.74. The molecule has 186 valence electrons. The second-order valence-electron chi connectivity index (χ2n) is 7.86. The van der Waals surface area contributed by atoms with Crippen molar-refractivity contribution in [2.75, 3.05) is 6.54 Å². The monoisotopic (exact) mass is 510 g/mol. The number of benzene rings is 2. The van der Waals surface area contributed by atoms with Crippen molar-refractivity contribution in [2.45, 2.75) is 37.5 Å². The third-order valence-electron chi connectivity index (χ3n) is 4.95. The quantitative estimate of drug-likeness (QED) is 0.463. The predicted octanol–water partition coefficient (Wildman–Crippen LogP) is 4.02. The minimum atomic E-state index is -4.59. The van der Waals surface area contributed by atoms with Crippen LogP contribution in [0.5, 0.6) is 0 Å². The highest BCUT2D eigenvalue weighted by molar-refractivity contribution is 7.89. The average molecular weight is 511 g/mol. The van der Waals surface area contributed by atoms with Gasteiger partial charge in [0, 0.05) is 18.2 Å². The lowest BCUT2D eigenvalue weighted by Crippen LogP contribution is -2.44. The zero-order valence-corrected chi connectivity index (χ0v) is 19.6. The van der Waals surface area contributed by atoms with Crippen LogP contribution in [0.4, 0.5) is 17.6 Å². The Morgan fingerprint density at radius 1 is 1.06 bits per heavy atom. The van der Waals surface area contributed by atoms with Crippen LogP contribution in [0.1, 0.15) is 25.1 Å². The number of carbonyl (C=O) groups is 1. The Labute approximate surface area is 199 Å². The van der Waals surface area contributed by atoms with Crippen LogP contribution < -0.4 is 5.32 Å². The number of nitrogens with zero attached hydrogens (tertiary/aromatic N) is 3. The molecule has 1 heterocycles. The molecule has 0 unspecified atom stereocenters. The first-order chi connectivity index (χ1) is 16.4. The molecule has 1 amide bonds. The molecule has 0 bridgehead atoms. The molecule has 3 aromatic rings. The van der Waals surface area contributed by atoms with Gasteiger partial charge in [0.15, 0.2) is 5.69 Å². The van der Waals surface area contributed by atoms with Crippen molar-refractivity contribution in [3.8, 4) is 11.3 Å². The van der Waals surface area contributed by atoms with Crippen LogP contribution in [0.25, 0.3) is 11.3 Å². The second-order valence-corrected chi connectivity index (χ2v) is 9.75. The smallest absolute Gasteiger partial charge is 0.351 e. The van der Waals surface area contributed by atoms with Gasteiger partial charge in [-0.15, -0.1) is 0 Å². The molecular formula is C23H22F4N4O3S. The SMILES string of the molecule is CC(C)N(CC(=O)NCc1cccc(-c2cnc(C(F)(F)F)cn2)c1)S(=O)(=O)c1ccc(F)cc1. The Hall–Kier alpha value is -3.38. The lowest BCUT2D eigenvalue weighted by atomic mass is 10.1. The predicted molar refractivity (Wildman–Crippen MR) is 120 cm³/mol. The number of halogens is 4. The van der Waals surface area contributed by atoms with Crippen LogP contribution in [0, 0.1) is 5.82 Å². The minimum absolute atomic E-state index is 0.0449. The van der Waals surface area contributed by atoms with Gasteiger partial charge in [0.25, 0.3) is 0 Å². The number of amides is 1. The second kappa shape index (κ2) is 10.5. The minimum Gasteiger partial charge on any atom is -0.351 e. The molecule has 7 nitrogen and oxygen atoms in total. The number of alkyl halides is 3. The molecule has 0 radical (unpaired) electrons. The van der Waals surface area contributed by atoms with Crippen molar-refractivity contribution < 1.29 is 30.8 Å². The summed E-state index contributed by atoms with van der Waals surface area (Å²) in [5.41, 5.74) is 0.244. The molecule has 0 spiro atoms. The topological polar surface area (TPSA) is 92.3 Å². The van der Waals surface area contributed by atoms with Gasteiger partial charge >= 0.3 is 6.18 Å². The van der Waals surface area contributed by atoms with Crippen LogP contribution in [-0.4, -0.2) is 41.2 Å². The summed E-state index contributed by atoms with van der Waals surface area (Å²) in [6.07, 6.45) is -2.93. The molecule has 2 aromatic carbocycles. The highest BCUT2D eigenvalue weighted by Gasteiger charge is 2.33. The Morgan fingerprint density at radius 2 is 1.74 bits per heavy atom. The van der Waals surface area contributed by atoms with E-state index in [2.05, 4.69) is 15.3 Å². The number of hydrogen-bond donors (Lipinski definition) is 1. The Kier molecular flexibility index (Phi) is 7.86. The van der Waals surface area contributed by atoms with Crippen molar-refractivity contribution >= 4 is 15.9 Å². The molecule has 12 heteroatoms. The molecule has 0 atom stereocenters. The molecule has 0 aliphatic rings. The zero-order valence-electron chi connectivity index (χ0n) is 18.8. The summed E-state index contributed by atoms with van der Waals surface area (Å²) >= 11 is 0. The number of hydrogen-bond acceptors (Lipinski definition) is 5. The number of nitrogens with one attached hydrogen (secondary N) is 1. The molecule has 1 aromatic heterocycles. The van der Waals surface area contributed by atoms with Gasteiger partial charge < -0.3 is 5.32 Å². The normalized spacial score (nSPS) is 12.2. The third kappa shape index (κ3) is 6.61. The van der Waals surface area contributed by atoms with Crippen molar-refractivity contribution in [1.82, 2.24) is 19.6 Å². The van der Waals surface area contributed by atoms with E-state index in [-0.39, 0.29) is 17.1 Å². The maximum Gasteiger partial charge on any atom is 0.434 e. The summed E-state index contributed by atoms with van der Waals surface area (Å²) in [7, 11) is -4.04. The maximum absolute atomic E-state index is 13.2. The first-order valence-electron chi connectivity index (χ1n) is 10.4. The van der Waals surface area contributed by atoms with Gasteiger partial charge in [0.2, 0.25) is 15.9 Å². The van der Waals surface area contributed by atoms with Crippen molar-refractivity contribution in [3.63, 3.8) is 0 Å². The van der Waals surface area contributed by atoms with Gasteiger partial charge in [-0.1, -0.05) is 18.2 Å². The standard InChI is InChI=1S/C23H22F4N4O3S/c1-15(2)31(35(33,34)19-8-6-18(24)7-9-19)14-22(32)30-11-16-4-3-5-17(10-16)20-12-29-21(13-28-20)23(25,26)27/h3-10,12-13,15H,11,14H2,1-2H3,(H,30,32). The molecule has 1 N–H and O–H groups in total. The van der Waals surface area contributed by atoms with E-state index in [0.717, 1.165) is 34.8 Å². The van der Waals surface area contributed by atoms with Gasteiger partial charge in [0.1, 0.15) is 5.82 Å². The van der Waals surface area contributed by atoms with Crippen molar-refractivity contribution in [3.05, 3.63) is 78.0 Å². The van der Waals surface area contributed by atoms with Crippen molar-refractivity contribution in [2.24, 2.45) is 0 Å². The van der Waals surface area contributed by atoms with Crippen LogP contribution in [0.2, 0.25) is 0 Å². The molecule has 0 saturated carbocycles. The number of aromatic nitrogens is 2. The van der Waals surface area contributed by atoms with Gasteiger partial charge in [-0.25, -0.2) is 17.8 Å². The average Bonchev–Trinajstić information content (AvgIpc) is 2.81. The van der Waals surface area contributed by atoms with Crippen LogP contribution >= 0.6 is 0 Å². The van der Waals surface area contributed by atoms with Crippen LogP contribution in [0.3, 0.4) is 0 Å². The fraction of sp³-hybridized carbons (Fsp3) is 0.261. The van der Waals surface area contributed by atoms with Crippen LogP contribution in [0.15, 0.2) is 65.8 Å². The Bertz CT molecular complexity index is 1280. The summed E-state index contributed by atoms with van der Waals surface area (Å²) in [5, 5.41) is 2.63. The number of carbonyl (C=O) groups excluding carboxylic acids is 1. The highest BCUT2D eigenvalue weighted by atomic mass is 32.2. The summed E-state index contributed by atoms with van der Waals surface area (Å²) in [6.45, 7) is 2.82. The summed E-state index contributed by atoms with van der Waals surface area (Å²) < 4.78 is 78.1. The highest BCUT2D eigenvalue weighted by Crippen LogP contribution is 2.28. The number of rotatable bonds is 8. The first kappa shape index (κ1) is 26.2. The van der Waals surface area contributed by atoms with E-state index in [1.807, 2.05) is 0 Å². The summed E-state index contributed by atoms with van der Waals surface area (Å²) in [4.78, 5) is 19.6. The number of sulfonamides is 1. The van der Waals surface area contributed by atoms with E-state index < -0.39 is 46.2 Å².